The molecular formula is C21H47O4PS. The summed E-state index contributed by atoms with van der Waals surface area (Å²) in [5.41, 5.74) is 0. The molecule has 0 bridgehead atoms. The van der Waals surface area contributed by atoms with Gasteiger partial charge >= 0.3 is 10.4 Å². The van der Waals surface area contributed by atoms with Crippen LogP contribution < -0.4 is 0 Å². The summed E-state index contributed by atoms with van der Waals surface area (Å²) >= 11 is 0. The lowest BCUT2D eigenvalue weighted by atomic mass is 9.91. The number of rotatable bonds is 16. The van der Waals surface area contributed by atoms with E-state index in [2.05, 4.69) is 36.9 Å². The zero-order valence-corrected chi connectivity index (χ0v) is 20.4. The predicted octanol–water partition coefficient (Wildman–Crippen LogP) is 7.49. The van der Waals surface area contributed by atoms with Gasteiger partial charge in [0, 0.05) is 0 Å². The fourth-order valence-electron chi connectivity index (χ4n) is 3.02. The maximum atomic E-state index is 8.74. The first-order chi connectivity index (χ1) is 12.5. The highest BCUT2D eigenvalue weighted by atomic mass is 32.3. The van der Waals surface area contributed by atoms with E-state index < -0.39 is 10.4 Å². The molecule has 0 aromatic rings. The van der Waals surface area contributed by atoms with Crippen LogP contribution in [-0.2, 0) is 10.4 Å². The summed E-state index contributed by atoms with van der Waals surface area (Å²) in [6.45, 7) is 9.37. The van der Waals surface area contributed by atoms with Gasteiger partial charge in [0.1, 0.15) is 0 Å². The molecule has 0 fully saturated rings. The zero-order chi connectivity index (χ0) is 21.2. The molecule has 0 aliphatic rings. The lowest BCUT2D eigenvalue weighted by Crippen LogP contribution is -2.20. The van der Waals surface area contributed by atoms with Crippen molar-refractivity contribution in [1.82, 2.24) is 0 Å². The second kappa shape index (κ2) is 18.3. The van der Waals surface area contributed by atoms with Crippen molar-refractivity contribution in [2.24, 2.45) is 5.92 Å². The molecule has 2 unspecified atom stereocenters. The molecule has 4 nitrogen and oxygen atoms in total. The van der Waals surface area contributed by atoms with Crippen LogP contribution in [0.1, 0.15) is 124 Å². The van der Waals surface area contributed by atoms with Gasteiger partial charge in [0.2, 0.25) is 0 Å². The van der Waals surface area contributed by atoms with E-state index in [1.54, 1.807) is 0 Å². The Morgan fingerprint density at radius 2 is 1.00 bits per heavy atom. The maximum Gasteiger partial charge on any atom is 0.394 e. The molecule has 6 heteroatoms. The Bertz CT molecular complexity index is 397. The van der Waals surface area contributed by atoms with Crippen LogP contribution in [0.3, 0.4) is 0 Å². The Kier molecular flexibility index (Phi) is 20.0. The minimum absolute atomic E-state index is 0.413. The van der Waals surface area contributed by atoms with Crippen molar-refractivity contribution >= 4 is 19.6 Å². The third-order valence-corrected chi connectivity index (χ3v) is 5.83. The van der Waals surface area contributed by atoms with Gasteiger partial charge in [0.25, 0.3) is 0 Å². The average Bonchev–Trinajstić information content (AvgIpc) is 2.52. The van der Waals surface area contributed by atoms with Gasteiger partial charge in [-0.3, -0.25) is 9.11 Å². The maximum absolute atomic E-state index is 8.74. The number of hydrogen-bond donors (Lipinski definition) is 2. The van der Waals surface area contributed by atoms with E-state index in [0.717, 1.165) is 5.92 Å². The lowest BCUT2D eigenvalue weighted by molar-refractivity contribution is 0.381. The fraction of sp³-hybridized carbons (Fsp3) is 1.00. The van der Waals surface area contributed by atoms with E-state index in [9.17, 15) is 0 Å². The van der Waals surface area contributed by atoms with Crippen LogP contribution in [0.15, 0.2) is 0 Å². The van der Waals surface area contributed by atoms with Gasteiger partial charge in [-0.1, -0.05) is 118 Å². The molecule has 166 valence electrons. The van der Waals surface area contributed by atoms with Gasteiger partial charge in [-0.2, -0.15) is 8.42 Å². The smallest absolute Gasteiger partial charge is 0.264 e. The molecular weight excluding hydrogens is 379 g/mol. The van der Waals surface area contributed by atoms with Gasteiger partial charge in [0.05, 0.1) is 0 Å². The third-order valence-electron chi connectivity index (χ3n) is 5.26. The average molecular weight is 427 g/mol. The molecule has 27 heavy (non-hydrogen) atoms. The monoisotopic (exact) mass is 426 g/mol. The van der Waals surface area contributed by atoms with Gasteiger partial charge in [-0.15, -0.1) is 9.24 Å². The summed E-state index contributed by atoms with van der Waals surface area (Å²) in [5, 5.41) is 0.413. The fourth-order valence-corrected chi connectivity index (χ4v) is 3.18. The lowest BCUT2D eigenvalue weighted by Gasteiger charge is -2.26. The van der Waals surface area contributed by atoms with Crippen molar-refractivity contribution in [2.45, 2.75) is 129 Å². The second-order valence-electron chi connectivity index (χ2n) is 8.56. The minimum Gasteiger partial charge on any atom is -0.264 e. The van der Waals surface area contributed by atoms with E-state index in [1.807, 2.05) is 0 Å². The summed E-state index contributed by atoms with van der Waals surface area (Å²) in [5.74, 6) is 0.829. The first kappa shape index (κ1) is 29.5. The highest BCUT2D eigenvalue weighted by molar-refractivity contribution is 7.79. The van der Waals surface area contributed by atoms with E-state index in [0.29, 0.717) is 5.16 Å². The molecule has 0 radical (unpaired) electrons. The first-order valence-corrected chi connectivity index (χ1v) is 12.9. The Morgan fingerprint density at radius 1 is 0.741 bits per heavy atom. The molecule has 0 heterocycles. The molecule has 0 saturated heterocycles. The van der Waals surface area contributed by atoms with Crippen LogP contribution >= 0.6 is 9.24 Å². The molecule has 0 aromatic carbocycles. The van der Waals surface area contributed by atoms with E-state index in [4.69, 9.17) is 17.5 Å². The van der Waals surface area contributed by atoms with E-state index >= 15 is 0 Å². The topological polar surface area (TPSA) is 74.6 Å². The van der Waals surface area contributed by atoms with Crippen molar-refractivity contribution in [2.75, 3.05) is 0 Å². The van der Waals surface area contributed by atoms with Gasteiger partial charge in [-0.05, 0) is 17.5 Å². The SMILES string of the molecule is CCCCCCCCCCCCCCCCC(C)C(C)(C)P.O=S(=O)(O)O. The molecule has 0 amide bonds. The molecule has 2 atom stereocenters. The third kappa shape index (κ3) is 31.2. The van der Waals surface area contributed by atoms with Crippen molar-refractivity contribution < 1.29 is 17.5 Å². The van der Waals surface area contributed by atoms with Crippen LogP contribution in [0.5, 0.6) is 0 Å². The van der Waals surface area contributed by atoms with Crippen LogP contribution in [0.25, 0.3) is 0 Å². The van der Waals surface area contributed by atoms with Crippen LogP contribution in [0, 0.1) is 5.92 Å². The quantitative estimate of drug-likeness (QED) is 0.152. The normalized spacial score (nSPS) is 13.1. The molecule has 0 aliphatic heterocycles. The minimum atomic E-state index is -4.67. The summed E-state index contributed by atoms with van der Waals surface area (Å²) in [7, 11) is -1.66. The van der Waals surface area contributed by atoms with Crippen molar-refractivity contribution in [3.8, 4) is 0 Å². The molecule has 2 N–H and O–H groups in total. The van der Waals surface area contributed by atoms with Gasteiger partial charge in [-0.25, -0.2) is 0 Å². The molecule has 0 spiro atoms. The van der Waals surface area contributed by atoms with Gasteiger partial charge < -0.3 is 0 Å². The Morgan fingerprint density at radius 3 is 1.26 bits per heavy atom. The second-order valence-corrected chi connectivity index (χ2v) is 10.9. The van der Waals surface area contributed by atoms with Crippen LogP contribution in [0.4, 0.5) is 0 Å². The highest BCUT2D eigenvalue weighted by Gasteiger charge is 2.19. The first-order valence-electron chi connectivity index (χ1n) is 11.0. The van der Waals surface area contributed by atoms with Gasteiger partial charge in [0.15, 0.2) is 0 Å². The number of unbranched alkanes of at least 4 members (excludes halogenated alkanes) is 13. The largest absolute Gasteiger partial charge is 0.394 e. The summed E-state index contributed by atoms with van der Waals surface area (Å²) in [6.07, 6.45) is 21.8. The summed E-state index contributed by atoms with van der Waals surface area (Å²) < 4.78 is 31.6. The van der Waals surface area contributed by atoms with Crippen LogP contribution in [0.2, 0.25) is 0 Å². The zero-order valence-electron chi connectivity index (χ0n) is 18.4. The standard InChI is InChI=1S/C21H45P.H2O4S/c1-5-6-7-8-9-10-11-12-13-14-15-16-17-18-19-20(2)21(3,4)22;1-5(2,3)4/h20H,5-19,22H2,1-4H3;(H2,1,2,3,4). The van der Waals surface area contributed by atoms with Crippen molar-refractivity contribution in [1.29, 1.82) is 0 Å². The highest BCUT2D eigenvalue weighted by Crippen LogP contribution is 2.30. The molecule has 0 aromatic heterocycles. The van der Waals surface area contributed by atoms with E-state index in [1.165, 1.54) is 96.3 Å². The molecule has 0 saturated carbocycles. The summed E-state index contributed by atoms with van der Waals surface area (Å²) in [6, 6.07) is 0. The molecule has 0 aliphatic carbocycles. The predicted molar refractivity (Wildman–Crippen MR) is 122 cm³/mol. The van der Waals surface area contributed by atoms with Crippen molar-refractivity contribution in [3.63, 3.8) is 0 Å². The Hall–Kier alpha value is 0.300. The van der Waals surface area contributed by atoms with E-state index in [-0.39, 0.29) is 0 Å². The number of hydrogen-bond acceptors (Lipinski definition) is 2. The van der Waals surface area contributed by atoms with Crippen LogP contribution in [-0.4, -0.2) is 22.7 Å². The Labute approximate surface area is 172 Å². The van der Waals surface area contributed by atoms with Crippen molar-refractivity contribution in [3.05, 3.63) is 0 Å². The summed E-state index contributed by atoms with van der Waals surface area (Å²) in [4.78, 5) is 0. The molecule has 0 rings (SSSR count). The Balaban J connectivity index is 0.